The van der Waals surface area contributed by atoms with Crippen molar-refractivity contribution in [3.63, 3.8) is 0 Å². The molecule has 0 bridgehead atoms. The van der Waals surface area contributed by atoms with Crippen LogP contribution in [0.1, 0.15) is 20.3 Å². The number of halogens is 2. The molecule has 0 amide bonds. The van der Waals surface area contributed by atoms with E-state index in [-0.39, 0.29) is 5.82 Å². The van der Waals surface area contributed by atoms with Crippen LogP contribution in [0.4, 0.5) is 10.1 Å². The van der Waals surface area contributed by atoms with Crippen molar-refractivity contribution < 1.29 is 4.39 Å². The molecule has 0 fully saturated rings. The minimum absolute atomic E-state index is 0.256. The van der Waals surface area contributed by atoms with Crippen LogP contribution in [-0.4, -0.2) is 17.0 Å². The highest BCUT2D eigenvalue weighted by atomic mass is 79.9. The van der Waals surface area contributed by atoms with Crippen molar-refractivity contribution in [2.45, 2.75) is 25.5 Å². The quantitative estimate of drug-likeness (QED) is 0.881. The first-order chi connectivity index (χ1) is 8.54. The van der Waals surface area contributed by atoms with Gasteiger partial charge in [0.1, 0.15) is 5.82 Å². The molecular weight excluding hydrogens is 315 g/mol. The van der Waals surface area contributed by atoms with Gasteiger partial charge in [-0.1, -0.05) is 41.5 Å². The van der Waals surface area contributed by atoms with Crippen molar-refractivity contribution >= 4 is 38.5 Å². The van der Waals surface area contributed by atoms with Gasteiger partial charge in [-0.15, -0.1) is 0 Å². The van der Waals surface area contributed by atoms with E-state index in [9.17, 15) is 4.39 Å². The van der Waals surface area contributed by atoms with Gasteiger partial charge in [0, 0.05) is 9.72 Å². The molecule has 0 radical (unpaired) electrons. The van der Waals surface area contributed by atoms with E-state index in [0.717, 1.165) is 22.6 Å². The maximum atomic E-state index is 13.6. The van der Waals surface area contributed by atoms with Crippen LogP contribution in [-0.2, 0) is 0 Å². The lowest BCUT2D eigenvalue weighted by atomic mass is 10.1. The molecule has 18 heavy (non-hydrogen) atoms. The molecule has 1 aliphatic heterocycles. The summed E-state index contributed by atoms with van der Waals surface area (Å²) in [6.07, 6.45) is 1.14. The maximum Gasteiger partial charge on any atom is 0.161 e. The Morgan fingerprint density at radius 1 is 1.56 bits per heavy atom. The molecule has 5 heteroatoms. The summed E-state index contributed by atoms with van der Waals surface area (Å²) in [5, 5.41) is 4.39. The predicted octanol–water partition coefficient (Wildman–Crippen LogP) is 4.52. The van der Waals surface area contributed by atoms with Crippen LogP contribution >= 0.6 is 27.7 Å². The molecule has 1 aromatic carbocycles. The largest absolute Gasteiger partial charge is 0.333 e. The fourth-order valence-electron chi connectivity index (χ4n) is 1.84. The average molecular weight is 331 g/mol. The summed E-state index contributed by atoms with van der Waals surface area (Å²) in [6.45, 7) is 5.24. The van der Waals surface area contributed by atoms with Gasteiger partial charge >= 0.3 is 0 Å². The Kier molecular flexibility index (Phi) is 4.67. The van der Waals surface area contributed by atoms with Crippen molar-refractivity contribution in [1.29, 1.82) is 0 Å². The third kappa shape index (κ3) is 3.72. The first-order valence-electron chi connectivity index (χ1n) is 5.98. The van der Waals surface area contributed by atoms with E-state index in [4.69, 9.17) is 0 Å². The molecular formula is C13H16BrFN2S. The van der Waals surface area contributed by atoms with Crippen LogP contribution in [0.2, 0.25) is 0 Å². The van der Waals surface area contributed by atoms with E-state index in [1.165, 1.54) is 6.07 Å². The summed E-state index contributed by atoms with van der Waals surface area (Å²) in [5.74, 6) is 0.411. The van der Waals surface area contributed by atoms with Gasteiger partial charge in [-0.3, -0.25) is 4.99 Å². The van der Waals surface area contributed by atoms with Crippen molar-refractivity contribution in [1.82, 2.24) is 0 Å². The molecule has 2 nitrogen and oxygen atoms in total. The lowest BCUT2D eigenvalue weighted by Gasteiger charge is -2.11. The van der Waals surface area contributed by atoms with Gasteiger partial charge in [0.2, 0.25) is 0 Å². The zero-order valence-corrected chi connectivity index (χ0v) is 12.8. The van der Waals surface area contributed by atoms with Crippen LogP contribution in [0.5, 0.6) is 0 Å². The highest BCUT2D eigenvalue weighted by molar-refractivity contribution is 9.10. The second-order valence-corrected chi connectivity index (χ2v) is 6.97. The average Bonchev–Trinajstić information content (AvgIpc) is 2.70. The van der Waals surface area contributed by atoms with Gasteiger partial charge in [0.05, 0.1) is 12.2 Å². The smallest absolute Gasteiger partial charge is 0.161 e. The predicted molar refractivity (Wildman–Crippen MR) is 80.9 cm³/mol. The number of anilines is 1. The Bertz CT molecular complexity index is 462. The Morgan fingerprint density at radius 2 is 2.33 bits per heavy atom. The molecule has 1 aromatic rings. The van der Waals surface area contributed by atoms with Crippen molar-refractivity contribution in [2.75, 3.05) is 11.9 Å². The number of thioether (sulfide) groups is 1. The van der Waals surface area contributed by atoms with Crippen LogP contribution in [0.25, 0.3) is 0 Å². The van der Waals surface area contributed by atoms with Gasteiger partial charge in [0.25, 0.3) is 0 Å². The number of rotatable bonds is 3. The second kappa shape index (κ2) is 6.06. The van der Waals surface area contributed by atoms with E-state index in [0.29, 0.717) is 16.9 Å². The third-order valence-corrected chi connectivity index (χ3v) is 4.24. The molecule has 0 saturated carbocycles. The Morgan fingerprint density at radius 3 is 3.06 bits per heavy atom. The number of nitrogens with one attached hydrogen (secondary N) is 1. The minimum atomic E-state index is -0.256. The SMILES string of the molecule is CC(C)CC1CN=C(Nc2cc(Br)ccc2F)S1. The molecule has 0 aliphatic carbocycles. The molecule has 0 spiro atoms. The topological polar surface area (TPSA) is 24.4 Å². The van der Waals surface area contributed by atoms with Crippen LogP contribution in [0.15, 0.2) is 27.7 Å². The van der Waals surface area contributed by atoms with Crippen LogP contribution in [0.3, 0.4) is 0 Å². The molecule has 1 atom stereocenters. The first-order valence-corrected chi connectivity index (χ1v) is 7.65. The van der Waals surface area contributed by atoms with E-state index < -0.39 is 0 Å². The maximum absolute atomic E-state index is 13.6. The number of benzene rings is 1. The van der Waals surface area contributed by atoms with Crippen molar-refractivity contribution in [3.05, 3.63) is 28.5 Å². The first kappa shape index (κ1) is 13.9. The van der Waals surface area contributed by atoms with Crippen molar-refractivity contribution in [2.24, 2.45) is 10.9 Å². The molecule has 1 unspecified atom stereocenters. The van der Waals surface area contributed by atoms with Gasteiger partial charge < -0.3 is 5.32 Å². The van der Waals surface area contributed by atoms with E-state index in [1.54, 1.807) is 23.9 Å². The number of hydrogen-bond donors (Lipinski definition) is 1. The summed E-state index contributed by atoms with van der Waals surface area (Å²) < 4.78 is 14.4. The molecule has 98 valence electrons. The number of hydrogen-bond acceptors (Lipinski definition) is 3. The minimum Gasteiger partial charge on any atom is -0.333 e. The lowest BCUT2D eigenvalue weighted by molar-refractivity contribution is 0.575. The molecule has 2 rings (SSSR count). The second-order valence-electron chi connectivity index (χ2n) is 4.76. The third-order valence-electron chi connectivity index (χ3n) is 2.62. The van der Waals surface area contributed by atoms with Crippen LogP contribution in [0, 0.1) is 11.7 Å². The fraction of sp³-hybridized carbons (Fsp3) is 0.462. The molecule has 1 heterocycles. The number of aliphatic imine (C=N–C) groups is 1. The Hall–Kier alpha value is -0.550. The van der Waals surface area contributed by atoms with Crippen molar-refractivity contribution in [3.8, 4) is 0 Å². The molecule has 0 saturated heterocycles. The van der Waals surface area contributed by atoms with Gasteiger partial charge in [-0.25, -0.2) is 4.39 Å². The summed E-state index contributed by atoms with van der Waals surface area (Å²) in [6, 6.07) is 4.86. The number of amidine groups is 1. The van der Waals surface area contributed by atoms with E-state index in [1.807, 2.05) is 0 Å². The summed E-state index contributed by atoms with van der Waals surface area (Å²) in [7, 11) is 0. The highest BCUT2D eigenvalue weighted by Crippen LogP contribution is 2.28. The molecule has 0 aromatic heterocycles. The summed E-state index contributed by atoms with van der Waals surface area (Å²) in [4.78, 5) is 4.42. The Balaban J connectivity index is 1.97. The number of nitrogens with zero attached hydrogens (tertiary/aromatic N) is 1. The normalized spacial score (nSPS) is 19.2. The zero-order valence-electron chi connectivity index (χ0n) is 10.4. The summed E-state index contributed by atoms with van der Waals surface area (Å²) >= 11 is 5.04. The van der Waals surface area contributed by atoms with E-state index in [2.05, 4.69) is 40.1 Å². The van der Waals surface area contributed by atoms with Gasteiger partial charge in [0.15, 0.2) is 5.17 Å². The molecule has 1 aliphatic rings. The lowest BCUT2D eigenvalue weighted by Crippen LogP contribution is -2.10. The van der Waals surface area contributed by atoms with E-state index >= 15 is 0 Å². The fourth-order valence-corrected chi connectivity index (χ4v) is 3.47. The van der Waals surface area contributed by atoms with Gasteiger partial charge in [-0.2, -0.15) is 0 Å². The summed E-state index contributed by atoms with van der Waals surface area (Å²) in [5.41, 5.74) is 0.473. The monoisotopic (exact) mass is 330 g/mol. The Labute approximate surface area is 120 Å². The van der Waals surface area contributed by atoms with Gasteiger partial charge in [-0.05, 0) is 30.5 Å². The van der Waals surface area contributed by atoms with Crippen LogP contribution < -0.4 is 5.32 Å². The highest BCUT2D eigenvalue weighted by Gasteiger charge is 2.21. The molecule has 1 N–H and O–H groups in total. The zero-order chi connectivity index (χ0) is 13.1. The standard InChI is InChI=1S/C13H16BrFN2S/c1-8(2)5-10-7-16-13(18-10)17-12-6-9(14)3-4-11(12)15/h3-4,6,8,10H,5,7H2,1-2H3,(H,16,17).